The standard InChI is InChI=1S/C18H13Br2NO3/c1-2-23-12-7-5-11(6-8-12)18(22)24-17-15(20)10-14(19)13-4-3-9-21-16(13)17/h3-10H,2H2,1H3. The molecule has 3 aromatic rings. The molecule has 0 saturated carbocycles. The summed E-state index contributed by atoms with van der Waals surface area (Å²) in [5.74, 6) is 0.659. The summed E-state index contributed by atoms with van der Waals surface area (Å²) >= 11 is 6.93. The first kappa shape index (κ1) is 16.9. The van der Waals surface area contributed by atoms with Crippen molar-refractivity contribution in [1.82, 2.24) is 4.98 Å². The lowest BCUT2D eigenvalue weighted by Gasteiger charge is -2.11. The molecule has 0 saturated heterocycles. The normalized spacial score (nSPS) is 10.6. The first-order valence-electron chi connectivity index (χ1n) is 7.28. The van der Waals surface area contributed by atoms with Gasteiger partial charge in [0.25, 0.3) is 0 Å². The minimum atomic E-state index is -0.451. The molecule has 0 aliphatic rings. The van der Waals surface area contributed by atoms with Crippen LogP contribution in [0.5, 0.6) is 11.5 Å². The Hall–Kier alpha value is -1.92. The molecule has 0 N–H and O–H groups in total. The largest absolute Gasteiger partial charge is 0.494 e. The van der Waals surface area contributed by atoms with E-state index in [1.165, 1.54) is 0 Å². The second-order valence-electron chi connectivity index (χ2n) is 4.92. The monoisotopic (exact) mass is 449 g/mol. The van der Waals surface area contributed by atoms with Crippen LogP contribution in [0.3, 0.4) is 0 Å². The fourth-order valence-electron chi connectivity index (χ4n) is 2.25. The predicted octanol–water partition coefficient (Wildman–Crippen LogP) is 5.38. The molecule has 0 unspecified atom stereocenters. The highest BCUT2D eigenvalue weighted by atomic mass is 79.9. The van der Waals surface area contributed by atoms with Crippen LogP contribution in [0.1, 0.15) is 17.3 Å². The molecule has 0 atom stereocenters. The number of hydrogen-bond acceptors (Lipinski definition) is 4. The number of carbonyl (C=O) groups excluding carboxylic acids is 1. The van der Waals surface area contributed by atoms with Gasteiger partial charge in [0, 0.05) is 16.1 Å². The van der Waals surface area contributed by atoms with Crippen LogP contribution >= 0.6 is 31.9 Å². The number of pyridine rings is 1. The second-order valence-corrected chi connectivity index (χ2v) is 6.62. The number of nitrogens with zero attached hydrogens (tertiary/aromatic N) is 1. The van der Waals surface area contributed by atoms with Gasteiger partial charge in [-0.1, -0.05) is 22.0 Å². The van der Waals surface area contributed by atoms with Crippen LogP contribution in [-0.2, 0) is 0 Å². The smallest absolute Gasteiger partial charge is 0.343 e. The van der Waals surface area contributed by atoms with Gasteiger partial charge in [0.05, 0.1) is 16.6 Å². The van der Waals surface area contributed by atoms with Crippen LogP contribution in [-0.4, -0.2) is 17.6 Å². The minimum absolute atomic E-state index is 0.396. The van der Waals surface area contributed by atoms with Gasteiger partial charge in [-0.2, -0.15) is 0 Å². The maximum Gasteiger partial charge on any atom is 0.343 e. The van der Waals surface area contributed by atoms with Gasteiger partial charge in [-0.15, -0.1) is 0 Å². The Balaban J connectivity index is 1.93. The summed E-state index contributed by atoms with van der Waals surface area (Å²) in [5.41, 5.74) is 1.05. The number of benzene rings is 2. The van der Waals surface area contributed by atoms with Crippen molar-refractivity contribution < 1.29 is 14.3 Å². The number of halogens is 2. The second kappa shape index (κ2) is 7.32. The molecular formula is C18H13Br2NO3. The fraction of sp³-hybridized carbons (Fsp3) is 0.111. The third-order valence-corrected chi connectivity index (χ3v) is 4.59. The van der Waals surface area contributed by atoms with E-state index in [4.69, 9.17) is 9.47 Å². The van der Waals surface area contributed by atoms with E-state index in [2.05, 4.69) is 36.8 Å². The zero-order valence-corrected chi connectivity index (χ0v) is 15.9. The lowest BCUT2D eigenvalue weighted by Crippen LogP contribution is -2.09. The van der Waals surface area contributed by atoms with Crippen LogP contribution in [0.25, 0.3) is 10.9 Å². The molecular weight excluding hydrogens is 438 g/mol. The third kappa shape index (κ3) is 3.44. The Morgan fingerprint density at radius 2 is 1.88 bits per heavy atom. The number of rotatable bonds is 4. The fourth-order valence-corrected chi connectivity index (χ4v) is 3.60. The van der Waals surface area contributed by atoms with Gasteiger partial charge in [0.1, 0.15) is 11.3 Å². The maximum absolute atomic E-state index is 12.4. The summed E-state index contributed by atoms with van der Waals surface area (Å²) in [7, 11) is 0. The van der Waals surface area contributed by atoms with Crippen molar-refractivity contribution >= 4 is 48.7 Å². The first-order chi connectivity index (χ1) is 11.6. The Morgan fingerprint density at radius 3 is 2.58 bits per heavy atom. The Morgan fingerprint density at radius 1 is 1.12 bits per heavy atom. The van der Waals surface area contributed by atoms with E-state index in [0.29, 0.717) is 33.7 Å². The van der Waals surface area contributed by atoms with E-state index in [0.717, 1.165) is 9.86 Å². The number of fused-ring (bicyclic) bond motifs is 1. The topological polar surface area (TPSA) is 48.4 Å². The molecule has 0 bridgehead atoms. The molecule has 0 radical (unpaired) electrons. The lowest BCUT2D eigenvalue weighted by atomic mass is 10.2. The quantitative estimate of drug-likeness (QED) is 0.395. The van der Waals surface area contributed by atoms with Gasteiger partial charge in [-0.05, 0) is 59.3 Å². The average molecular weight is 451 g/mol. The summed E-state index contributed by atoms with van der Waals surface area (Å²) in [6, 6.07) is 12.4. The molecule has 6 heteroatoms. The number of esters is 1. The highest BCUT2D eigenvalue weighted by molar-refractivity contribution is 9.11. The van der Waals surface area contributed by atoms with Crippen molar-refractivity contribution in [2.24, 2.45) is 0 Å². The minimum Gasteiger partial charge on any atom is -0.494 e. The van der Waals surface area contributed by atoms with E-state index in [9.17, 15) is 4.79 Å². The summed E-state index contributed by atoms with van der Waals surface area (Å²) in [4.78, 5) is 16.8. The molecule has 0 fully saturated rings. The number of hydrogen-bond donors (Lipinski definition) is 0. The van der Waals surface area contributed by atoms with Crippen molar-refractivity contribution in [3.05, 3.63) is 63.2 Å². The lowest BCUT2D eigenvalue weighted by molar-refractivity contribution is 0.0735. The summed E-state index contributed by atoms with van der Waals surface area (Å²) in [6.45, 7) is 2.48. The molecule has 122 valence electrons. The Bertz CT molecular complexity index is 895. The SMILES string of the molecule is CCOc1ccc(C(=O)Oc2c(Br)cc(Br)c3cccnc23)cc1. The van der Waals surface area contributed by atoms with Gasteiger partial charge >= 0.3 is 5.97 Å². The van der Waals surface area contributed by atoms with Crippen molar-refractivity contribution in [2.75, 3.05) is 6.61 Å². The molecule has 0 aliphatic heterocycles. The van der Waals surface area contributed by atoms with E-state index in [-0.39, 0.29) is 0 Å². The van der Waals surface area contributed by atoms with Gasteiger partial charge in [-0.3, -0.25) is 4.98 Å². The highest BCUT2D eigenvalue weighted by Gasteiger charge is 2.16. The zero-order chi connectivity index (χ0) is 17.1. The maximum atomic E-state index is 12.4. The molecule has 0 spiro atoms. The van der Waals surface area contributed by atoms with Crippen molar-refractivity contribution in [2.45, 2.75) is 6.92 Å². The number of ether oxygens (including phenoxy) is 2. The number of aromatic nitrogens is 1. The third-order valence-electron chi connectivity index (χ3n) is 3.35. The van der Waals surface area contributed by atoms with Gasteiger partial charge < -0.3 is 9.47 Å². The predicted molar refractivity (Wildman–Crippen MR) is 99.7 cm³/mol. The number of carbonyl (C=O) groups is 1. The zero-order valence-electron chi connectivity index (χ0n) is 12.8. The summed E-state index contributed by atoms with van der Waals surface area (Å²) < 4.78 is 12.5. The van der Waals surface area contributed by atoms with E-state index in [1.807, 2.05) is 25.1 Å². The van der Waals surface area contributed by atoms with Crippen LogP contribution in [0, 0.1) is 0 Å². The van der Waals surface area contributed by atoms with Gasteiger partial charge in [-0.25, -0.2) is 4.79 Å². The van der Waals surface area contributed by atoms with E-state index >= 15 is 0 Å². The molecule has 0 aliphatic carbocycles. The molecule has 1 heterocycles. The highest BCUT2D eigenvalue weighted by Crippen LogP contribution is 2.37. The molecule has 24 heavy (non-hydrogen) atoms. The first-order valence-corrected chi connectivity index (χ1v) is 8.86. The van der Waals surface area contributed by atoms with Gasteiger partial charge in [0.15, 0.2) is 5.75 Å². The van der Waals surface area contributed by atoms with Gasteiger partial charge in [0.2, 0.25) is 0 Å². The Kier molecular flexibility index (Phi) is 5.16. The van der Waals surface area contributed by atoms with Crippen LogP contribution in [0.2, 0.25) is 0 Å². The summed E-state index contributed by atoms with van der Waals surface area (Å²) in [5, 5.41) is 0.871. The Labute approximate surface area is 156 Å². The average Bonchev–Trinajstić information content (AvgIpc) is 2.59. The molecule has 4 nitrogen and oxygen atoms in total. The van der Waals surface area contributed by atoms with Crippen molar-refractivity contribution in [3.8, 4) is 11.5 Å². The van der Waals surface area contributed by atoms with Crippen molar-refractivity contribution in [1.29, 1.82) is 0 Å². The van der Waals surface area contributed by atoms with Crippen LogP contribution in [0.4, 0.5) is 0 Å². The molecule has 2 aromatic carbocycles. The molecule has 0 amide bonds. The molecule has 3 rings (SSSR count). The van der Waals surface area contributed by atoms with E-state index < -0.39 is 5.97 Å². The summed E-state index contributed by atoms with van der Waals surface area (Å²) in [6.07, 6.45) is 1.66. The van der Waals surface area contributed by atoms with E-state index in [1.54, 1.807) is 30.5 Å². The van der Waals surface area contributed by atoms with Crippen LogP contribution in [0.15, 0.2) is 57.6 Å². The van der Waals surface area contributed by atoms with Crippen molar-refractivity contribution in [3.63, 3.8) is 0 Å². The van der Waals surface area contributed by atoms with Crippen LogP contribution < -0.4 is 9.47 Å². The molecule has 1 aromatic heterocycles.